The Bertz CT molecular complexity index is 232. The molecule has 12 heavy (non-hydrogen) atoms. The van der Waals surface area contributed by atoms with Crippen LogP contribution in [0.5, 0.6) is 0 Å². The van der Waals surface area contributed by atoms with Gasteiger partial charge in [-0.1, -0.05) is 0 Å². The van der Waals surface area contributed by atoms with E-state index >= 15 is 0 Å². The maximum absolute atomic E-state index is 5.06. The molecule has 0 bridgehead atoms. The molecule has 5 nitrogen and oxygen atoms in total. The molecular formula is C6H11N5S. The minimum Gasteiger partial charge on any atom is -0.360 e. The predicted molar refractivity (Wildman–Crippen MR) is 50.2 cm³/mol. The number of nitrogens with zero attached hydrogens (tertiary/aromatic N) is 2. The molecule has 1 rings (SSSR count). The summed E-state index contributed by atoms with van der Waals surface area (Å²) in [5.74, 6) is 5.06. The lowest BCUT2D eigenvalue weighted by Gasteiger charge is -2.06. The highest BCUT2D eigenvalue weighted by Gasteiger charge is 1.91. The maximum Gasteiger partial charge on any atom is 0.180 e. The van der Waals surface area contributed by atoms with Crippen molar-refractivity contribution in [2.45, 2.75) is 6.54 Å². The average Bonchev–Trinajstić information content (AvgIpc) is 2.57. The van der Waals surface area contributed by atoms with Crippen LogP contribution >= 0.6 is 12.2 Å². The first-order valence-corrected chi connectivity index (χ1v) is 3.94. The van der Waals surface area contributed by atoms with Crippen LogP contribution in [-0.4, -0.2) is 21.2 Å². The highest BCUT2D eigenvalue weighted by molar-refractivity contribution is 7.80. The Morgan fingerprint density at radius 2 is 2.50 bits per heavy atom. The summed E-state index contributed by atoms with van der Waals surface area (Å²) < 4.78 is 1.95. The van der Waals surface area contributed by atoms with Crippen molar-refractivity contribution in [3.8, 4) is 0 Å². The van der Waals surface area contributed by atoms with Gasteiger partial charge in [0.15, 0.2) is 5.11 Å². The maximum atomic E-state index is 5.06. The van der Waals surface area contributed by atoms with E-state index in [9.17, 15) is 0 Å². The van der Waals surface area contributed by atoms with Crippen molar-refractivity contribution in [3.05, 3.63) is 18.7 Å². The number of rotatable bonds is 3. The smallest absolute Gasteiger partial charge is 0.180 e. The summed E-state index contributed by atoms with van der Waals surface area (Å²) in [6.07, 6.45) is 5.38. The molecule has 0 aliphatic rings. The van der Waals surface area contributed by atoms with E-state index in [-0.39, 0.29) is 0 Å². The van der Waals surface area contributed by atoms with E-state index < -0.39 is 0 Å². The van der Waals surface area contributed by atoms with E-state index in [1.165, 1.54) is 0 Å². The second kappa shape index (κ2) is 4.68. The van der Waals surface area contributed by atoms with Crippen molar-refractivity contribution in [1.29, 1.82) is 0 Å². The van der Waals surface area contributed by atoms with Gasteiger partial charge in [-0.15, -0.1) is 0 Å². The monoisotopic (exact) mass is 185 g/mol. The average molecular weight is 185 g/mol. The molecule has 1 heterocycles. The quantitative estimate of drug-likeness (QED) is 0.327. The van der Waals surface area contributed by atoms with Crippen LogP contribution in [0.4, 0.5) is 0 Å². The van der Waals surface area contributed by atoms with Crippen molar-refractivity contribution < 1.29 is 0 Å². The Morgan fingerprint density at radius 1 is 1.67 bits per heavy atom. The van der Waals surface area contributed by atoms with E-state index in [1.807, 2.05) is 10.8 Å². The Kier molecular flexibility index (Phi) is 3.49. The number of thiocarbonyl (C=S) groups is 1. The van der Waals surface area contributed by atoms with E-state index in [0.717, 1.165) is 13.1 Å². The number of imidazole rings is 1. The molecule has 0 atom stereocenters. The van der Waals surface area contributed by atoms with Gasteiger partial charge in [-0.05, 0) is 12.2 Å². The van der Waals surface area contributed by atoms with Crippen LogP contribution in [-0.2, 0) is 6.54 Å². The molecule has 0 radical (unpaired) electrons. The van der Waals surface area contributed by atoms with Crippen molar-refractivity contribution in [2.24, 2.45) is 5.84 Å². The number of aromatic nitrogens is 2. The summed E-state index contributed by atoms with van der Waals surface area (Å²) in [4.78, 5) is 3.90. The van der Waals surface area contributed by atoms with Crippen LogP contribution in [0, 0.1) is 0 Å². The molecule has 0 aromatic carbocycles. The molecule has 0 fully saturated rings. The van der Waals surface area contributed by atoms with Gasteiger partial charge in [-0.2, -0.15) is 0 Å². The number of hydrogen-bond donors (Lipinski definition) is 3. The standard InChI is InChI=1S/C6H11N5S/c7-10-6(12)9-2-4-11-3-1-8-5-11/h1,3,5H,2,4,7H2,(H2,9,10,12). The molecular weight excluding hydrogens is 174 g/mol. The fourth-order valence-electron chi connectivity index (χ4n) is 0.769. The summed E-state index contributed by atoms with van der Waals surface area (Å²) in [5, 5.41) is 3.37. The van der Waals surface area contributed by atoms with E-state index in [4.69, 9.17) is 18.1 Å². The highest BCUT2D eigenvalue weighted by Crippen LogP contribution is 1.83. The molecule has 0 amide bonds. The zero-order valence-corrected chi connectivity index (χ0v) is 7.34. The van der Waals surface area contributed by atoms with Crippen LogP contribution in [0.3, 0.4) is 0 Å². The van der Waals surface area contributed by atoms with E-state index in [2.05, 4.69) is 15.7 Å². The first-order chi connectivity index (χ1) is 5.83. The molecule has 0 saturated heterocycles. The molecule has 6 heteroatoms. The molecule has 4 N–H and O–H groups in total. The van der Waals surface area contributed by atoms with Crippen molar-refractivity contribution in [3.63, 3.8) is 0 Å². The number of nitrogens with two attached hydrogens (primary N) is 1. The van der Waals surface area contributed by atoms with Gasteiger partial charge in [0.1, 0.15) is 0 Å². The van der Waals surface area contributed by atoms with Gasteiger partial charge in [0.25, 0.3) is 0 Å². The van der Waals surface area contributed by atoms with Crippen LogP contribution in [0.2, 0.25) is 0 Å². The zero-order valence-electron chi connectivity index (χ0n) is 6.53. The van der Waals surface area contributed by atoms with Gasteiger partial charge in [0, 0.05) is 25.5 Å². The molecule has 0 saturated carbocycles. The van der Waals surface area contributed by atoms with Gasteiger partial charge in [-0.25, -0.2) is 10.8 Å². The highest BCUT2D eigenvalue weighted by atomic mass is 32.1. The van der Waals surface area contributed by atoms with Gasteiger partial charge in [-0.3, -0.25) is 0 Å². The fraction of sp³-hybridized carbons (Fsp3) is 0.333. The third-order valence-corrected chi connectivity index (χ3v) is 1.61. The SMILES string of the molecule is NNC(=S)NCCn1ccnc1. The first kappa shape index (κ1) is 8.95. The minimum absolute atomic E-state index is 0.454. The van der Waals surface area contributed by atoms with Crippen molar-refractivity contribution in [1.82, 2.24) is 20.3 Å². The number of hydrazine groups is 1. The Labute approximate surface area is 75.9 Å². The van der Waals surface area contributed by atoms with Crippen LogP contribution in [0.15, 0.2) is 18.7 Å². The second-order valence-electron chi connectivity index (χ2n) is 2.20. The fourth-order valence-corrected chi connectivity index (χ4v) is 0.871. The molecule has 0 aliphatic carbocycles. The number of hydrogen-bond acceptors (Lipinski definition) is 3. The molecule has 66 valence electrons. The molecule has 0 unspecified atom stereocenters. The van der Waals surface area contributed by atoms with Crippen LogP contribution in [0.1, 0.15) is 0 Å². The summed E-state index contributed by atoms with van der Waals surface area (Å²) in [7, 11) is 0. The lowest BCUT2D eigenvalue weighted by molar-refractivity contribution is 0.669. The van der Waals surface area contributed by atoms with Gasteiger partial charge in [0.2, 0.25) is 0 Å². The largest absolute Gasteiger partial charge is 0.360 e. The number of nitrogens with one attached hydrogen (secondary N) is 2. The molecule has 1 aromatic rings. The lowest BCUT2D eigenvalue weighted by atomic mass is 10.6. The topological polar surface area (TPSA) is 67.9 Å². The Hall–Kier alpha value is -1.14. The third-order valence-electron chi connectivity index (χ3n) is 1.35. The summed E-state index contributed by atoms with van der Waals surface area (Å²) in [5.41, 5.74) is 2.34. The van der Waals surface area contributed by atoms with E-state index in [0.29, 0.717) is 5.11 Å². The minimum atomic E-state index is 0.454. The lowest BCUT2D eigenvalue weighted by Crippen LogP contribution is -2.40. The van der Waals surface area contributed by atoms with Gasteiger partial charge < -0.3 is 15.3 Å². The van der Waals surface area contributed by atoms with Crippen molar-refractivity contribution >= 4 is 17.3 Å². The zero-order chi connectivity index (χ0) is 8.81. The summed E-state index contributed by atoms with van der Waals surface area (Å²) >= 11 is 4.78. The Morgan fingerprint density at radius 3 is 3.08 bits per heavy atom. The van der Waals surface area contributed by atoms with E-state index in [1.54, 1.807) is 12.5 Å². The van der Waals surface area contributed by atoms with Gasteiger partial charge >= 0.3 is 0 Å². The third kappa shape index (κ3) is 2.85. The first-order valence-electron chi connectivity index (χ1n) is 3.53. The van der Waals surface area contributed by atoms with Crippen molar-refractivity contribution in [2.75, 3.05) is 6.54 Å². The second-order valence-corrected chi connectivity index (χ2v) is 2.61. The summed E-state index contributed by atoms with van der Waals surface area (Å²) in [6.45, 7) is 1.56. The molecule has 0 spiro atoms. The van der Waals surface area contributed by atoms with Crippen LogP contribution in [0.25, 0.3) is 0 Å². The summed E-state index contributed by atoms with van der Waals surface area (Å²) in [6, 6.07) is 0. The predicted octanol–water partition coefficient (Wildman–Crippen LogP) is -0.779. The van der Waals surface area contributed by atoms with Crippen LogP contribution < -0.4 is 16.6 Å². The van der Waals surface area contributed by atoms with Gasteiger partial charge in [0.05, 0.1) is 6.33 Å². The Balaban J connectivity index is 2.15. The molecule has 0 aliphatic heterocycles. The normalized spacial score (nSPS) is 9.42. The molecule has 1 aromatic heterocycles.